The van der Waals surface area contributed by atoms with E-state index in [1.54, 1.807) is 0 Å². The monoisotopic (exact) mass is 524 g/mol. The topological polar surface area (TPSA) is 92.0 Å². The van der Waals surface area contributed by atoms with E-state index in [1.165, 1.54) is 56.4 Å². The molecule has 10 heteroatoms. The number of benzene rings is 1. The van der Waals surface area contributed by atoms with E-state index in [-0.39, 0.29) is 24.2 Å². The van der Waals surface area contributed by atoms with Crippen molar-refractivity contribution in [3.8, 4) is 11.8 Å². The molecule has 2 rings (SSSR count). The van der Waals surface area contributed by atoms with Gasteiger partial charge in [0.05, 0.1) is 11.3 Å². The molecule has 0 aliphatic carbocycles. The van der Waals surface area contributed by atoms with Gasteiger partial charge in [0.1, 0.15) is 0 Å². The minimum Gasteiger partial charge on any atom is -0.492 e. The van der Waals surface area contributed by atoms with E-state index >= 15 is 0 Å². The van der Waals surface area contributed by atoms with Crippen molar-refractivity contribution in [2.45, 2.75) is 77.3 Å². The lowest BCUT2D eigenvalue weighted by Crippen LogP contribution is -2.42. The van der Waals surface area contributed by atoms with Crippen molar-refractivity contribution in [1.82, 2.24) is 4.73 Å². The quantitative estimate of drug-likeness (QED) is 0.204. The minimum atomic E-state index is -5.15. The normalized spacial score (nSPS) is 11.7. The molecule has 1 amide bonds. The molecule has 0 aliphatic heterocycles. The number of unbranched alkanes of at least 4 members (excludes halogenated alkanes) is 8. The molecule has 0 atom stereocenters. The lowest BCUT2D eigenvalue weighted by atomic mass is 10.1. The number of amides is 1. The van der Waals surface area contributed by atoms with Gasteiger partial charge in [0, 0.05) is 18.7 Å². The highest BCUT2D eigenvalue weighted by Gasteiger charge is 2.43. The first-order valence-corrected chi connectivity index (χ1v) is 12.6. The van der Waals surface area contributed by atoms with Crippen LogP contribution in [-0.4, -0.2) is 39.5 Å². The Balaban J connectivity index is 2.01. The molecule has 1 aromatic heterocycles. The Labute approximate surface area is 215 Å². The van der Waals surface area contributed by atoms with E-state index < -0.39 is 29.8 Å². The first kappa shape index (κ1) is 29.8. The van der Waals surface area contributed by atoms with Gasteiger partial charge in [0.15, 0.2) is 0 Å². The summed E-state index contributed by atoms with van der Waals surface area (Å²) in [4.78, 5) is 30.4. The molecule has 0 bridgehead atoms. The second-order valence-electron chi connectivity index (χ2n) is 8.72. The van der Waals surface area contributed by atoms with Crippen molar-refractivity contribution in [1.29, 1.82) is 0 Å². The average molecular weight is 525 g/mol. The number of allylic oxidation sites excluding steroid dienone is 2. The van der Waals surface area contributed by atoms with Gasteiger partial charge in [-0.05, 0) is 37.8 Å². The maximum Gasteiger partial charge on any atom is 0.471 e. The van der Waals surface area contributed by atoms with Gasteiger partial charge in [-0.1, -0.05) is 69.7 Å². The largest absolute Gasteiger partial charge is 0.492 e. The number of alkyl halides is 3. The van der Waals surface area contributed by atoms with Gasteiger partial charge < -0.3 is 20.0 Å². The third-order valence-electron chi connectivity index (χ3n) is 5.77. The molecule has 0 saturated carbocycles. The van der Waals surface area contributed by atoms with Crippen molar-refractivity contribution in [3.05, 3.63) is 54.1 Å². The Kier molecular flexibility index (Phi) is 12.1. The maximum absolute atomic E-state index is 13.4. The SMILES string of the molecule is CCCCCCCCCC=CCCCN(C(=O)C(F)(F)F)c1ccccc1C(=O)On1c(O)ccc1O. The average Bonchev–Trinajstić information content (AvgIpc) is 3.18. The highest BCUT2D eigenvalue weighted by atomic mass is 19.4. The van der Waals surface area contributed by atoms with E-state index in [9.17, 15) is 33.0 Å². The van der Waals surface area contributed by atoms with Crippen molar-refractivity contribution < 1.29 is 37.8 Å². The van der Waals surface area contributed by atoms with E-state index in [1.807, 2.05) is 12.2 Å². The summed E-state index contributed by atoms with van der Waals surface area (Å²) in [7, 11) is 0. The van der Waals surface area contributed by atoms with Crippen LogP contribution in [0.25, 0.3) is 0 Å². The van der Waals surface area contributed by atoms with Gasteiger partial charge in [0.25, 0.3) is 0 Å². The summed E-state index contributed by atoms with van der Waals surface area (Å²) in [6.07, 6.45) is 8.74. The Morgan fingerprint density at radius 1 is 0.892 bits per heavy atom. The number of para-hydroxylation sites is 1. The molecule has 0 aliphatic rings. The van der Waals surface area contributed by atoms with Gasteiger partial charge in [-0.25, -0.2) is 4.79 Å². The van der Waals surface area contributed by atoms with Crippen LogP contribution in [0, 0.1) is 0 Å². The fraction of sp³-hybridized carbons (Fsp3) is 0.481. The predicted molar refractivity (Wildman–Crippen MR) is 135 cm³/mol. The molecule has 2 N–H and O–H groups in total. The van der Waals surface area contributed by atoms with Crippen molar-refractivity contribution >= 4 is 17.6 Å². The zero-order valence-electron chi connectivity index (χ0n) is 21.0. The van der Waals surface area contributed by atoms with E-state index in [2.05, 4.69) is 6.92 Å². The van der Waals surface area contributed by atoms with Crippen LogP contribution in [-0.2, 0) is 4.79 Å². The number of rotatable bonds is 15. The van der Waals surface area contributed by atoms with Crippen LogP contribution in [0.1, 0.15) is 81.5 Å². The number of hydrogen-bond donors (Lipinski definition) is 2. The standard InChI is InChI=1S/C27H35F3N2O5/c1-2-3-4-5-6-7-8-9-10-11-12-15-20-31(26(36)27(28,29)30)22-17-14-13-16-21(22)25(35)37-32-23(33)18-19-24(32)34/h10-11,13-14,16-19,33-34H,2-9,12,15,20H2,1H3. The highest BCUT2D eigenvalue weighted by Crippen LogP contribution is 2.28. The second-order valence-corrected chi connectivity index (χ2v) is 8.72. The van der Waals surface area contributed by atoms with Gasteiger partial charge >= 0.3 is 18.1 Å². The van der Waals surface area contributed by atoms with Gasteiger partial charge in [0.2, 0.25) is 11.8 Å². The van der Waals surface area contributed by atoms with Crippen molar-refractivity contribution in [2.24, 2.45) is 0 Å². The van der Waals surface area contributed by atoms with Crippen LogP contribution in [0.5, 0.6) is 11.8 Å². The number of carbonyl (C=O) groups excluding carboxylic acids is 2. The zero-order chi connectivity index (χ0) is 27.3. The van der Waals surface area contributed by atoms with Crippen LogP contribution in [0.2, 0.25) is 0 Å². The molecule has 2 aromatic rings. The summed E-state index contributed by atoms with van der Waals surface area (Å²) in [5.74, 6) is -4.44. The molecule has 0 spiro atoms. The summed E-state index contributed by atoms with van der Waals surface area (Å²) >= 11 is 0. The molecule has 7 nitrogen and oxygen atoms in total. The lowest BCUT2D eigenvalue weighted by Gasteiger charge is -2.25. The molecule has 0 saturated heterocycles. The summed E-state index contributed by atoms with van der Waals surface area (Å²) in [6.45, 7) is 1.91. The highest BCUT2D eigenvalue weighted by molar-refractivity contribution is 6.04. The van der Waals surface area contributed by atoms with Crippen LogP contribution in [0.4, 0.5) is 18.9 Å². The Morgan fingerprint density at radius 3 is 2.08 bits per heavy atom. The number of aromatic hydroxyl groups is 2. The number of nitrogens with zero attached hydrogens (tertiary/aromatic N) is 2. The number of anilines is 1. The summed E-state index contributed by atoms with van der Waals surface area (Å²) < 4.78 is 40.6. The smallest absolute Gasteiger partial charge is 0.471 e. The van der Waals surface area contributed by atoms with Gasteiger partial charge in [-0.15, -0.1) is 4.73 Å². The van der Waals surface area contributed by atoms with E-state index in [0.717, 1.165) is 31.4 Å². The summed E-state index contributed by atoms with van der Waals surface area (Å²) in [5, 5.41) is 19.4. The fourth-order valence-electron chi connectivity index (χ4n) is 3.82. The minimum absolute atomic E-state index is 0.248. The molecular formula is C27H35F3N2O5. The zero-order valence-corrected chi connectivity index (χ0v) is 21.0. The molecule has 204 valence electrons. The molecular weight excluding hydrogens is 489 g/mol. The van der Waals surface area contributed by atoms with Crippen LogP contribution >= 0.6 is 0 Å². The molecule has 0 radical (unpaired) electrons. The van der Waals surface area contributed by atoms with Crippen LogP contribution in [0.15, 0.2) is 48.6 Å². The summed E-state index contributed by atoms with van der Waals surface area (Å²) in [5.41, 5.74) is -0.616. The van der Waals surface area contributed by atoms with Gasteiger partial charge in [-0.2, -0.15) is 13.2 Å². The van der Waals surface area contributed by atoms with Crippen molar-refractivity contribution in [2.75, 3.05) is 11.4 Å². The van der Waals surface area contributed by atoms with Crippen molar-refractivity contribution in [3.63, 3.8) is 0 Å². The Hall–Kier alpha value is -3.43. The molecule has 37 heavy (non-hydrogen) atoms. The summed E-state index contributed by atoms with van der Waals surface area (Å²) in [6, 6.07) is 7.35. The van der Waals surface area contributed by atoms with E-state index in [4.69, 9.17) is 4.84 Å². The van der Waals surface area contributed by atoms with Crippen LogP contribution < -0.4 is 9.74 Å². The van der Waals surface area contributed by atoms with Gasteiger partial charge in [-0.3, -0.25) is 4.79 Å². The number of hydrogen-bond acceptors (Lipinski definition) is 5. The fourth-order valence-corrected chi connectivity index (χ4v) is 3.82. The molecule has 1 aromatic carbocycles. The number of carbonyl (C=O) groups is 2. The predicted octanol–water partition coefficient (Wildman–Crippen LogP) is 6.54. The maximum atomic E-state index is 13.4. The molecule has 1 heterocycles. The number of aromatic nitrogens is 1. The van der Waals surface area contributed by atoms with Crippen LogP contribution in [0.3, 0.4) is 0 Å². The lowest BCUT2D eigenvalue weighted by molar-refractivity contribution is -0.170. The molecule has 0 unspecified atom stereocenters. The second kappa shape index (κ2) is 15.0. The Bertz CT molecular complexity index is 1010. The first-order chi connectivity index (χ1) is 17.7. The Morgan fingerprint density at radius 2 is 1.46 bits per heavy atom. The molecule has 0 fully saturated rings. The first-order valence-electron chi connectivity index (χ1n) is 12.6. The van der Waals surface area contributed by atoms with E-state index in [0.29, 0.717) is 16.1 Å². The third-order valence-corrected chi connectivity index (χ3v) is 5.77. The number of halogens is 3. The third kappa shape index (κ3) is 9.51.